The van der Waals surface area contributed by atoms with E-state index in [2.05, 4.69) is 11.9 Å². The number of carbonyl (C=O) groups excluding carboxylic acids is 1. The number of amides is 1. The lowest BCUT2D eigenvalue weighted by atomic mass is 9.87. The van der Waals surface area contributed by atoms with E-state index in [9.17, 15) is 18.0 Å². The van der Waals surface area contributed by atoms with Crippen molar-refractivity contribution in [2.45, 2.75) is 31.6 Å². The molecule has 0 aliphatic heterocycles. The Balaban J connectivity index is 1.93. The molecule has 2 rings (SSSR count). The van der Waals surface area contributed by atoms with E-state index < -0.39 is 17.6 Å². The van der Waals surface area contributed by atoms with Gasteiger partial charge in [-0.25, -0.2) is 13.2 Å². The summed E-state index contributed by atoms with van der Waals surface area (Å²) < 4.78 is 45.8. The molecule has 1 aliphatic carbocycles. The number of anilines is 1. The van der Waals surface area contributed by atoms with Crippen molar-refractivity contribution >= 4 is 11.6 Å². The Labute approximate surface area is 127 Å². The summed E-state index contributed by atoms with van der Waals surface area (Å²) in [4.78, 5) is 11.1. The predicted molar refractivity (Wildman–Crippen MR) is 77.6 cm³/mol. The molecule has 1 saturated carbocycles. The maximum Gasteiger partial charge on any atom is 0.248 e. The van der Waals surface area contributed by atoms with Crippen molar-refractivity contribution < 1.29 is 22.7 Å². The van der Waals surface area contributed by atoms with Gasteiger partial charge in [0.15, 0.2) is 11.6 Å². The van der Waals surface area contributed by atoms with E-state index in [0.717, 1.165) is 12.1 Å². The fraction of sp³-hybridized carbons (Fsp3) is 0.438. The number of hydrogen-bond donors (Lipinski definition) is 1. The molecule has 0 spiro atoms. The Hall–Kier alpha value is -1.98. The summed E-state index contributed by atoms with van der Waals surface area (Å²) in [7, 11) is 0. The van der Waals surface area contributed by atoms with Gasteiger partial charge in [0.1, 0.15) is 0 Å². The zero-order valence-corrected chi connectivity index (χ0v) is 12.1. The Morgan fingerprint density at radius 1 is 1.50 bits per heavy atom. The van der Waals surface area contributed by atoms with E-state index in [4.69, 9.17) is 4.74 Å². The number of hydrogen-bond acceptors (Lipinski definition) is 2. The number of alkyl halides is 2. The van der Waals surface area contributed by atoms with Crippen molar-refractivity contribution in [3.05, 3.63) is 36.7 Å². The molecule has 0 bridgehead atoms. The Kier molecular flexibility index (Phi) is 5.11. The SMILES string of the molecule is C=CC(=O)Nc1ccc(OCC2CCCC(F)(F)C2)c(F)c1. The molecule has 0 saturated heterocycles. The number of benzene rings is 1. The van der Waals surface area contributed by atoms with Crippen molar-refractivity contribution in [3.8, 4) is 5.75 Å². The van der Waals surface area contributed by atoms with Crippen LogP contribution in [0.4, 0.5) is 18.9 Å². The summed E-state index contributed by atoms with van der Waals surface area (Å²) in [6.45, 7) is 3.36. The molecule has 1 fully saturated rings. The third-order valence-electron chi connectivity index (χ3n) is 3.60. The molecule has 1 atom stereocenters. The number of rotatable bonds is 5. The molecule has 0 heterocycles. The highest BCUT2D eigenvalue weighted by Gasteiger charge is 2.36. The van der Waals surface area contributed by atoms with Crippen molar-refractivity contribution in [2.75, 3.05) is 11.9 Å². The third-order valence-corrected chi connectivity index (χ3v) is 3.60. The highest BCUT2D eigenvalue weighted by Crippen LogP contribution is 2.37. The lowest BCUT2D eigenvalue weighted by Crippen LogP contribution is -2.29. The summed E-state index contributed by atoms with van der Waals surface area (Å²) in [6, 6.07) is 3.97. The van der Waals surface area contributed by atoms with Crippen molar-refractivity contribution in [3.63, 3.8) is 0 Å². The molecule has 1 aromatic rings. The lowest BCUT2D eigenvalue weighted by Gasteiger charge is -2.28. The molecule has 1 unspecified atom stereocenters. The molecular weight excluding hydrogens is 295 g/mol. The highest BCUT2D eigenvalue weighted by atomic mass is 19.3. The van der Waals surface area contributed by atoms with Gasteiger partial charge in [-0.05, 0) is 37.0 Å². The molecule has 0 aromatic heterocycles. The zero-order chi connectivity index (χ0) is 16.2. The average molecular weight is 313 g/mol. The normalized spacial score (nSPS) is 20.2. The van der Waals surface area contributed by atoms with E-state index >= 15 is 0 Å². The van der Waals surface area contributed by atoms with E-state index in [1.54, 1.807) is 0 Å². The highest BCUT2D eigenvalue weighted by molar-refractivity contribution is 5.98. The van der Waals surface area contributed by atoms with Gasteiger partial charge < -0.3 is 10.1 Å². The zero-order valence-electron chi connectivity index (χ0n) is 12.1. The smallest absolute Gasteiger partial charge is 0.248 e. The number of halogens is 3. The maximum atomic E-state index is 13.9. The largest absolute Gasteiger partial charge is 0.490 e. The van der Waals surface area contributed by atoms with Gasteiger partial charge in [-0.2, -0.15) is 0 Å². The van der Waals surface area contributed by atoms with Gasteiger partial charge in [0.25, 0.3) is 0 Å². The van der Waals surface area contributed by atoms with Gasteiger partial charge in [0, 0.05) is 24.6 Å². The van der Waals surface area contributed by atoms with Crippen LogP contribution in [-0.2, 0) is 4.79 Å². The van der Waals surface area contributed by atoms with Crippen LogP contribution in [-0.4, -0.2) is 18.4 Å². The molecular formula is C16H18F3NO2. The van der Waals surface area contributed by atoms with E-state index in [0.29, 0.717) is 12.8 Å². The lowest BCUT2D eigenvalue weighted by molar-refractivity contribution is -0.111. The van der Waals surface area contributed by atoms with Crippen LogP contribution >= 0.6 is 0 Å². The van der Waals surface area contributed by atoms with Crippen LogP contribution in [0, 0.1) is 11.7 Å². The molecule has 22 heavy (non-hydrogen) atoms. The van der Waals surface area contributed by atoms with Gasteiger partial charge >= 0.3 is 0 Å². The van der Waals surface area contributed by atoms with E-state index in [1.165, 1.54) is 12.1 Å². The summed E-state index contributed by atoms with van der Waals surface area (Å²) in [5, 5.41) is 2.42. The number of nitrogens with one attached hydrogen (secondary N) is 1. The third kappa shape index (κ3) is 4.51. The van der Waals surface area contributed by atoms with Gasteiger partial charge in [-0.1, -0.05) is 6.58 Å². The first-order chi connectivity index (χ1) is 10.4. The second-order valence-electron chi connectivity index (χ2n) is 5.47. The second kappa shape index (κ2) is 6.85. The minimum absolute atomic E-state index is 0.00880. The van der Waals surface area contributed by atoms with Gasteiger partial charge in [0.2, 0.25) is 11.8 Å². The molecule has 0 radical (unpaired) electrons. The Morgan fingerprint density at radius 3 is 2.91 bits per heavy atom. The van der Waals surface area contributed by atoms with E-state index in [1.807, 2.05) is 0 Å². The second-order valence-corrected chi connectivity index (χ2v) is 5.47. The monoisotopic (exact) mass is 313 g/mol. The molecule has 1 aliphatic rings. The van der Waals surface area contributed by atoms with Gasteiger partial charge in [-0.3, -0.25) is 4.79 Å². The number of ether oxygens (including phenoxy) is 1. The quantitative estimate of drug-likeness (QED) is 0.829. The molecule has 1 amide bonds. The van der Waals surface area contributed by atoms with Crippen molar-refractivity contribution in [1.82, 2.24) is 0 Å². The van der Waals surface area contributed by atoms with Crippen LogP contribution in [0.25, 0.3) is 0 Å². The Morgan fingerprint density at radius 2 is 2.27 bits per heavy atom. The fourth-order valence-electron chi connectivity index (χ4n) is 2.51. The standard InChI is InChI=1S/C16H18F3NO2/c1-2-15(21)20-12-5-6-14(13(17)8-12)22-10-11-4-3-7-16(18,19)9-11/h2,5-6,8,11H,1,3-4,7,9-10H2,(H,20,21). The topological polar surface area (TPSA) is 38.3 Å². The van der Waals surface area contributed by atoms with Gasteiger partial charge in [0.05, 0.1) is 6.61 Å². The molecule has 1 aromatic carbocycles. The molecule has 1 N–H and O–H groups in total. The minimum Gasteiger partial charge on any atom is -0.490 e. The Bertz CT molecular complexity index is 560. The molecule has 6 heteroatoms. The summed E-state index contributed by atoms with van der Waals surface area (Å²) in [6.07, 6.45) is 1.88. The first kappa shape index (κ1) is 16.4. The molecule has 120 valence electrons. The van der Waals surface area contributed by atoms with Crippen LogP contribution in [0.3, 0.4) is 0 Å². The van der Waals surface area contributed by atoms with Gasteiger partial charge in [-0.15, -0.1) is 0 Å². The maximum absolute atomic E-state index is 13.9. The van der Waals surface area contributed by atoms with Crippen LogP contribution in [0.2, 0.25) is 0 Å². The molecule has 3 nitrogen and oxygen atoms in total. The van der Waals surface area contributed by atoms with Crippen LogP contribution in [0.5, 0.6) is 5.75 Å². The van der Waals surface area contributed by atoms with Crippen LogP contribution in [0.1, 0.15) is 25.7 Å². The average Bonchev–Trinajstić information content (AvgIpc) is 2.45. The van der Waals surface area contributed by atoms with Crippen molar-refractivity contribution in [1.29, 1.82) is 0 Å². The first-order valence-electron chi connectivity index (χ1n) is 7.13. The van der Waals surface area contributed by atoms with Crippen LogP contribution < -0.4 is 10.1 Å². The summed E-state index contributed by atoms with van der Waals surface area (Å²) in [5.74, 6) is -4.03. The van der Waals surface area contributed by atoms with Crippen LogP contribution in [0.15, 0.2) is 30.9 Å². The fourth-order valence-corrected chi connectivity index (χ4v) is 2.51. The van der Waals surface area contributed by atoms with Crippen molar-refractivity contribution in [2.24, 2.45) is 5.92 Å². The predicted octanol–water partition coefficient (Wildman–Crippen LogP) is 4.15. The minimum atomic E-state index is -2.65. The summed E-state index contributed by atoms with van der Waals surface area (Å²) >= 11 is 0. The number of carbonyl (C=O) groups is 1. The summed E-state index contributed by atoms with van der Waals surface area (Å²) in [5.41, 5.74) is 0.277. The first-order valence-corrected chi connectivity index (χ1v) is 7.13. The van der Waals surface area contributed by atoms with E-state index in [-0.39, 0.29) is 36.8 Å².